The van der Waals surface area contributed by atoms with Crippen molar-refractivity contribution < 1.29 is 71.1 Å². The van der Waals surface area contributed by atoms with Crippen LogP contribution < -0.4 is 29.6 Å². The Bertz CT molecular complexity index is 563. The minimum atomic E-state index is -4.15. The second-order valence-corrected chi connectivity index (χ2v) is 6.13. The SMILES string of the molecule is C=COC(C)=O.C=CS(=O)(=O)[O-].CCCCOC(=O)/C=C\C(=O)OCCCC.[Na+]. The number of rotatable bonds is 10. The van der Waals surface area contributed by atoms with Crippen molar-refractivity contribution in [3.8, 4) is 0 Å². The summed E-state index contributed by atoms with van der Waals surface area (Å²) in [6, 6.07) is 0. The molecule has 9 nitrogen and oxygen atoms in total. The largest absolute Gasteiger partial charge is 1.00 e. The molecule has 162 valence electrons. The van der Waals surface area contributed by atoms with Crippen molar-refractivity contribution in [2.24, 2.45) is 0 Å². The molecule has 0 aliphatic rings. The Hall–Kier alpha value is -1.46. The fourth-order valence-electron chi connectivity index (χ4n) is 0.984. The third-order valence-electron chi connectivity index (χ3n) is 2.29. The molecule has 0 saturated heterocycles. The van der Waals surface area contributed by atoms with Gasteiger partial charge in [0.25, 0.3) is 0 Å². The zero-order valence-corrected chi connectivity index (χ0v) is 20.4. The predicted molar refractivity (Wildman–Crippen MR) is 103 cm³/mol. The average Bonchev–Trinajstić information content (AvgIpc) is 2.61. The Morgan fingerprint density at radius 1 is 0.931 bits per heavy atom. The van der Waals surface area contributed by atoms with E-state index in [1.165, 1.54) is 6.92 Å². The summed E-state index contributed by atoms with van der Waals surface area (Å²) in [5, 5.41) is 0.354. The summed E-state index contributed by atoms with van der Waals surface area (Å²) in [7, 11) is -4.15. The van der Waals surface area contributed by atoms with Gasteiger partial charge in [-0.2, -0.15) is 0 Å². The Morgan fingerprint density at radius 3 is 1.45 bits per heavy atom. The molecular formula is C18H29NaO9S. The van der Waals surface area contributed by atoms with Gasteiger partial charge in [-0.3, -0.25) is 4.79 Å². The van der Waals surface area contributed by atoms with Gasteiger partial charge in [0.1, 0.15) is 10.1 Å². The third kappa shape index (κ3) is 41.9. The van der Waals surface area contributed by atoms with Crippen LogP contribution in [0.2, 0.25) is 0 Å². The molecule has 29 heavy (non-hydrogen) atoms. The first-order chi connectivity index (χ1) is 13.0. The van der Waals surface area contributed by atoms with Crippen molar-refractivity contribution in [3.63, 3.8) is 0 Å². The van der Waals surface area contributed by atoms with Crippen molar-refractivity contribution in [1.82, 2.24) is 0 Å². The fraction of sp³-hybridized carbons (Fsp3) is 0.500. The van der Waals surface area contributed by atoms with E-state index >= 15 is 0 Å². The summed E-state index contributed by atoms with van der Waals surface area (Å²) >= 11 is 0. The molecule has 0 amide bonds. The molecule has 0 aromatic heterocycles. The molecule has 0 aliphatic carbocycles. The number of hydrogen-bond acceptors (Lipinski definition) is 9. The van der Waals surface area contributed by atoms with Crippen molar-refractivity contribution in [3.05, 3.63) is 37.0 Å². The van der Waals surface area contributed by atoms with Gasteiger partial charge in [0.15, 0.2) is 0 Å². The van der Waals surface area contributed by atoms with Gasteiger partial charge in [-0.25, -0.2) is 18.0 Å². The van der Waals surface area contributed by atoms with Gasteiger partial charge in [-0.05, 0) is 12.8 Å². The quantitative estimate of drug-likeness (QED) is 0.0838. The Labute approximate surface area is 195 Å². The number of ether oxygens (including phenoxy) is 3. The molecule has 0 rings (SSSR count). The maximum Gasteiger partial charge on any atom is 1.00 e. The first-order valence-corrected chi connectivity index (χ1v) is 9.89. The van der Waals surface area contributed by atoms with Crippen LogP contribution in [0.25, 0.3) is 0 Å². The van der Waals surface area contributed by atoms with Crippen molar-refractivity contribution in [2.45, 2.75) is 46.5 Å². The van der Waals surface area contributed by atoms with Crippen LogP contribution in [0.5, 0.6) is 0 Å². The van der Waals surface area contributed by atoms with Crippen molar-refractivity contribution >= 4 is 28.0 Å². The molecule has 0 bridgehead atoms. The molecule has 11 heteroatoms. The molecule has 0 aromatic carbocycles. The summed E-state index contributed by atoms with van der Waals surface area (Å²) in [5.41, 5.74) is 0. The number of esters is 3. The number of carbonyl (C=O) groups is 3. The second-order valence-electron chi connectivity index (χ2n) is 4.81. The molecule has 0 saturated carbocycles. The smallest absolute Gasteiger partial charge is 0.745 e. The molecule has 0 radical (unpaired) electrons. The number of hydrogen-bond donors (Lipinski definition) is 0. The van der Waals surface area contributed by atoms with Crippen molar-refractivity contribution in [2.75, 3.05) is 13.2 Å². The molecule has 0 aliphatic heterocycles. The second kappa shape index (κ2) is 24.6. The minimum absolute atomic E-state index is 0. The molecule has 0 fully saturated rings. The first-order valence-electron chi connectivity index (χ1n) is 8.41. The van der Waals surface area contributed by atoms with E-state index in [2.05, 4.69) is 17.9 Å². The van der Waals surface area contributed by atoms with E-state index in [0.717, 1.165) is 44.1 Å². The molecular weight excluding hydrogens is 415 g/mol. The monoisotopic (exact) mass is 444 g/mol. The van der Waals surface area contributed by atoms with E-state index < -0.39 is 22.1 Å². The molecule has 0 aromatic rings. The first kappa shape index (κ1) is 35.0. The van der Waals surface area contributed by atoms with Crippen LogP contribution >= 0.6 is 0 Å². The summed E-state index contributed by atoms with van der Waals surface area (Å²) in [6.07, 6.45) is 6.91. The zero-order valence-electron chi connectivity index (χ0n) is 17.5. The van der Waals surface area contributed by atoms with Crippen LogP contribution in [0.1, 0.15) is 46.5 Å². The minimum Gasteiger partial charge on any atom is -0.745 e. The Kier molecular flexibility index (Phi) is 29.7. The maximum absolute atomic E-state index is 11.0. The third-order valence-corrected chi connectivity index (χ3v) is 2.70. The summed E-state index contributed by atoms with van der Waals surface area (Å²) in [4.78, 5) is 31.8. The van der Waals surface area contributed by atoms with Crippen LogP contribution in [0.4, 0.5) is 0 Å². The number of carbonyl (C=O) groups excluding carboxylic acids is 3. The van der Waals surface area contributed by atoms with E-state index in [1.54, 1.807) is 0 Å². The molecule has 0 unspecified atom stereocenters. The Morgan fingerprint density at radius 2 is 1.28 bits per heavy atom. The van der Waals surface area contributed by atoms with Gasteiger partial charge in [-0.15, -0.1) is 0 Å². The zero-order chi connectivity index (χ0) is 22.4. The Balaban J connectivity index is -0.000000199. The molecule has 0 heterocycles. The van der Waals surface area contributed by atoms with Crippen LogP contribution in [-0.4, -0.2) is 44.1 Å². The van der Waals surface area contributed by atoms with Gasteiger partial charge in [-0.1, -0.05) is 39.8 Å². The van der Waals surface area contributed by atoms with Gasteiger partial charge in [0, 0.05) is 24.5 Å². The van der Waals surface area contributed by atoms with E-state index in [1.807, 2.05) is 13.8 Å². The topological polar surface area (TPSA) is 136 Å². The summed E-state index contributed by atoms with van der Waals surface area (Å²) in [6.45, 7) is 12.0. The van der Waals surface area contributed by atoms with E-state index in [-0.39, 0.29) is 35.5 Å². The fourth-order valence-corrected chi connectivity index (χ4v) is 0.984. The normalized spacial score (nSPS) is 9.38. The van der Waals surface area contributed by atoms with Crippen LogP contribution in [0.15, 0.2) is 37.0 Å². The van der Waals surface area contributed by atoms with Gasteiger partial charge in [0.05, 0.1) is 19.5 Å². The average molecular weight is 444 g/mol. The van der Waals surface area contributed by atoms with Crippen LogP contribution in [0.3, 0.4) is 0 Å². The van der Waals surface area contributed by atoms with Gasteiger partial charge >= 0.3 is 47.5 Å². The van der Waals surface area contributed by atoms with Gasteiger partial charge in [0.2, 0.25) is 0 Å². The van der Waals surface area contributed by atoms with Crippen LogP contribution in [0, 0.1) is 0 Å². The van der Waals surface area contributed by atoms with Gasteiger partial charge < -0.3 is 18.8 Å². The molecule has 0 N–H and O–H groups in total. The maximum atomic E-state index is 11.0. The predicted octanol–water partition coefficient (Wildman–Crippen LogP) is -0.399. The van der Waals surface area contributed by atoms with E-state index in [9.17, 15) is 27.4 Å². The number of unbranched alkanes of at least 4 members (excludes halogenated alkanes) is 2. The van der Waals surface area contributed by atoms with E-state index in [0.29, 0.717) is 18.6 Å². The van der Waals surface area contributed by atoms with E-state index in [4.69, 9.17) is 9.47 Å². The standard InChI is InChI=1S/C12H20O4.C4H6O2.C2H4O3S.Na/c1-3-5-9-15-11(13)7-8-12(14)16-10-6-4-2;1-3-6-4(2)5;1-2-6(3,4)5;/h7-8H,3-6,9-10H2,1-2H3;3H,1H2,2H3;2H,1H2,(H,3,4,5);/q;;;+1/p-1/b8-7-;;;. The van der Waals surface area contributed by atoms with Crippen LogP contribution in [-0.2, 0) is 38.7 Å². The summed E-state index contributed by atoms with van der Waals surface area (Å²) < 4.78 is 41.8. The molecule has 0 spiro atoms. The van der Waals surface area contributed by atoms with Crippen molar-refractivity contribution in [1.29, 1.82) is 0 Å². The summed E-state index contributed by atoms with van der Waals surface area (Å²) in [5.74, 6) is -1.33. The molecule has 0 atom stereocenters.